The molecule has 25 heavy (non-hydrogen) atoms. The molecule has 1 heterocycles. The van der Waals surface area contributed by atoms with Gasteiger partial charge in [0, 0.05) is 24.2 Å². The summed E-state index contributed by atoms with van der Waals surface area (Å²) in [5.41, 5.74) is 4.22. The summed E-state index contributed by atoms with van der Waals surface area (Å²) in [5.74, 6) is -0.0184. The second-order valence-electron chi connectivity index (χ2n) is 6.60. The maximum Gasteiger partial charge on any atom is 0.257 e. The van der Waals surface area contributed by atoms with Gasteiger partial charge in [-0.05, 0) is 30.0 Å². The number of carbonyl (C=O) groups excluding carboxylic acids is 2. The summed E-state index contributed by atoms with van der Waals surface area (Å²) in [5, 5.41) is 3.83. The van der Waals surface area contributed by atoms with Crippen LogP contribution in [0.4, 0.5) is 5.69 Å². The van der Waals surface area contributed by atoms with Crippen molar-refractivity contribution >= 4 is 28.4 Å². The SMILES string of the molecule is CC(=O)n1cc(C(=O)Nc2c(C)cccc2C(C)C)c2ccccc21. The normalized spacial score (nSPS) is 11.1. The first-order valence-corrected chi connectivity index (χ1v) is 8.42. The molecule has 3 aromatic rings. The number of fused-ring (bicyclic) bond motifs is 1. The minimum absolute atomic E-state index is 0.117. The highest BCUT2D eigenvalue weighted by Gasteiger charge is 2.19. The van der Waals surface area contributed by atoms with Gasteiger partial charge in [-0.3, -0.25) is 14.2 Å². The van der Waals surface area contributed by atoms with Crippen molar-refractivity contribution in [3.63, 3.8) is 0 Å². The number of para-hydroxylation sites is 2. The van der Waals surface area contributed by atoms with Crippen LogP contribution in [0.25, 0.3) is 10.9 Å². The van der Waals surface area contributed by atoms with Gasteiger partial charge in [-0.1, -0.05) is 50.2 Å². The first kappa shape index (κ1) is 17.0. The second-order valence-corrected chi connectivity index (χ2v) is 6.60. The predicted molar refractivity (Wildman–Crippen MR) is 101 cm³/mol. The molecule has 0 unspecified atom stereocenters. The number of hydrogen-bond acceptors (Lipinski definition) is 2. The van der Waals surface area contributed by atoms with Crippen molar-refractivity contribution in [3.8, 4) is 0 Å². The average Bonchev–Trinajstić information content (AvgIpc) is 2.96. The topological polar surface area (TPSA) is 51.1 Å². The van der Waals surface area contributed by atoms with Crippen LogP contribution in [0.1, 0.15) is 53.0 Å². The van der Waals surface area contributed by atoms with E-state index in [2.05, 4.69) is 19.2 Å². The van der Waals surface area contributed by atoms with Crippen molar-refractivity contribution in [2.75, 3.05) is 5.32 Å². The largest absolute Gasteiger partial charge is 0.321 e. The van der Waals surface area contributed by atoms with Gasteiger partial charge >= 0.3 is 0 Å². The van der Waals surface area contributed by atoms with E-state index in [1.165, 1.54) is 11.5 Å². The highest BCUT2D eigenvalue weighted by atomic mass is 16.2. The van der Waals surface area contributed by atoms with Crippen molar-refractivity contribution in [2.45, 2.75) is 33.6 Å². The lowest BCUT2D eigenvalue weighted by atomic mass is 9.98. The second kappa shape index (κ2) is 6.55. The van der Waals surface area contributed by atoms with Gasteiger partial charge in [0.25, 0.3) is 5.91 Å². The third-order valence-corrected chi connectivity index (χ3v) is 4.46. The van der Waals surface area contributed by atoms with E-state index >= 15 is 0 Å². The van der Waals surface area contributed by atoms with Crippen molar-refractivity contribution < 1.29 is 9.59 Å². The molecule has 0 atom stereocenters. The van der Waals surface area contributed by atoms with E-state index in [1.54, 1.807) is 6.20 Å². The maximum atomic E-state index is 13.0. The molecular weight excluding hydrogens is 312 g/mol. The first-order valence-electron chi connectivity index (χ1n) is 8.42. The Morgan fingerprint density at radius 3 is 2.44 bits per heavy atom. The molecule has 1 amide bonds. The minimum atomic E-state index is -0.201. The summed E-state index contributed by atoms with van der Waals surface area (Å²) in [4.78, 5) is 24.8. The van der Waals surface area contributed by atoms with E-state index in [1.807, 2.05) is 49.4 Å². The Labute approximate surface area is 147 Å². The van der Waals surface area contributed by atoms with E-state index in [-0.39, 0.29) is 11.8 Å². The van der Waals surface area contributed by atoms with Crippen molar-refractivity contribution in [1.29, 1.82) is 0 Å². The lowest BCUT2D eigenvalue weighted by Gasteiger charge is -2.16. The monoisotopic (exact) mass is 334 g/mol. The molecule has 0 aliphatic carbocycles. The molecule has 0 spiro atoms. The number of nitrogens with one attached hydrogen (secondary N) is 1. The molecule has 0 fully saturated rings. The molecule has 0 aliphatic rings. The molecule has 4 heteroatoms. The third-order valence-electron chi connectivity index (χ3n) is 4.46. The first-order chi connectivity index (χ1) is 11.9. The van der Waals surface area contributed by atoms with Crippen molar-refractivity contribution in [1.82, 2.24) is 4.57 Å². The summed E-state index contributed by atoms with van der Waals surface area (Å²) in [6, 6.07) is 13.5. The van der Waals surface area contributed by atoms with Gasteiger partial charge in [0.2, 0.25) is 5.91 Å². The Balaban J connectivity index is 2.07. The summed E-state index contributed by atoms with van der Waals surface area (Å²) in [7, 11) is 0. The molecule has 128 valence electrons. The van der Waals surface area contributed by atoms with Crippen LogP contribution in [0.5, 0.6) is 0 Å². The van der Waals surface area contributed by atoms with E-state index < -0.39 is 0 Å². The molecule has 1 N–H and O–H groups in total. The predicted octanol–water partition coefficient (Wildman–Crippen LogP) is 4.99. The summed E-state index contributed by atoms with van der Waals surface area (Å²) < 4.78 is 1.52. The summed E-state index contributed by atoms with van der Waals surface area (Å²) in [6.45, 7) is 7.69. The molecule has 0 saturated heterocycles. The molecule has 0 bridgehead atoms. The Kier molecular flexibility index (Phi) is 4.45. The van der Waals surface area contributed by atoms with Gasteiger partial charge in [-0.2, -0.15) is 0 Å². The minimum Gasteiger partial charge on any atom is -0.321 e. The van der Waals surface area contributed by atoms with Crippen LogP contribution in [-0.2, 0) is 0 Å². The van der Waals surface area contributed by atoms with Gasteiger partial charge < -0.3 is 5.32 Å². The van der Waals surface area contributed by atoms with Crippen LogP contribution in [0.3, 0.4) is 0 Å². The summed E-state index contributed by atoms with van der Waals surface area (Å²) in [6.07, 6.45) is 1.62. The number of nitrogens with zero attached hydrogens (tertiary/aromatic N) is 1. The zero-order valence-electron chi connectivity index (χ0n) is 15.0. The lowest BCUT2D eigenvalue weighted by molar-refractivity contribution is 0.0941. The molecule has 0 saturated carbocycles. The standard InChI is InChI=1S/C21H22N2O2/c1-13(2)16-10-7-8-14(3)20(16)22-21(25)18-12-23(15(4)24)19-11-6-5-9-17(18)19/h5-13H,1-4H3,(H,22,25). The molecule has 2 aromatic carbocycles. The van der Waals surface area contributed by atoms with Gasteiger partial charge in [-0.15, -0.1) is 0 Å². The highest BCUT2D eigenvalue weighted by Crippen LogP contribution is 2.29. The number of carbonyl (C=O) groups is 2. The van der Waals surface area contributed by atoms with E-state index in [4.69, 9.17) is 0 Å². The van der Waals surface area contributed by atoms with E-state index in [9.17, 15) is 9.59 Å². The quantitative estimate of drug-likeness (QED) is 0.734. The van der Waals surface area contributed by atoms with Gasteiger partial charge in [0.1, 0.15) is 0 Å². The van der Waals surface area contributed by atoms with E-state index in [0.29, 0.717) is 11.5 Å². The fourth-order valence-electron chi connectivity index (χ4n) is 3.14. The molecule has 0 radical (unpaired) electrons. The van der Waals surface area contributed by atoms with Crippen molar-refractivity contribution in [2.24, 2.45) is 0 Å². The fourth-order valence-corrected chi connectivity index (χ4v) is 3.14. The number of amides is 1. The zero-order valence-corrected chi connectivity index (χ0v) is 15.0. The number of rotatable bonds is 3. The van der Waals surface area contributed by atoms with Crippen LogP contribution >= 0.6 is 0 Å². The summed E-state index contributed by atoms with van der Waals surface area (Å²) >= 11 is 0. The van der Waals surface area contributed by atoms with Gasteiger partial charge in [-0.25, -0.2) is 0 Å². The smallest absolute Gasteiger partial charge is 0.257 e. The highest BCUT2D eigenvalue weighted by molar-refractivity contribution is 6.14. The third kappa shape index (κ3) is 3.07. The Bertz CT molecular complexity index is 967. The Hall–Kier alpha value is -2.88. The Morgan fingerprint density at radius 1 is 1.04 bits per heavy atom. The molecule has 4 nitrogen and oxygen atoms in total. The van der Waals surface area contributed by atoms with Crippen LogP contribution in [0.2, 0.25) is 0 Å². The maximum absolute atomic E-state index is 13.0. The molecule has 0 aliphatic heterocycles. The lowest BCUT2D eigenvalue weighted by Crippen LogP contribution is -2.15. The van der Waals surface area contributed by atoms with Gasteiger partial charge in [0.15, 0.2) is 0 Å². The average molecular weight is 334 g/mol. The van der Waals surface area contributed by atoms with Crippen LogP contribution in [0.15, 0.2) is 48.7 Å². The molecule has 1 aromatic heterocycles. The fraction of sp³-hybridized carbons (Fsp3) is 0.238. The van der Waals surface area contributed by atoms with E-state index in [0.717, 1.165) is 27.7 Å². The Morgan fingerprint density at radius 2 is 1.76 bits per heavy atom. The zero-order chi connectivity index (χ0) is 18.1. The van der Waals surface area contributed by atoms with Gasteiger partial charge in [0.05, 0.1) is 11.1 Å². The number of anilines is 1. The number of benzene rings is 2. The van der Waals surface area contributed by atoms with Crippen LogP contribution in [0, 0.1) is 6.92 Å². The van der Waals surface area contributed by atoms with Crippen molar-refractivity contribution in [3.05, 3.63) is 65.4 Å². The molecular formula is C21H22N2O2. The number of hydrogen-bond donors (Lipinski definition) is 1. The number of aryl methyl sites for hydroxylation is 1. The number of aromatic nitrogens is 1. The van der Waals surface area contributed by atoms with Crippen LogP contribution < -0.4 is 5.32 Å². The van der Waals surface area contributed by atoms with Crippen LogP contribution in [-0.4, -0.2) is 16.4 Å². The molecule has 3 rings (SSSR count).